The van der Waals surface area contributed by atoms with Gasteiger partial charge in [0.2, 0.25) is 0 Å². The maximum Gasteiger partial charge on any atom is 0.360 e. The third-order valence-electron chi connectivity index (χ3n) is 2.53. The summed E-state index contributed by atoms with van der Waals surface area (Å²) >= 11 is 0. The van der Waals surface area contributed by atoms with Crippen LogP contribution < -0.4 is 0 Å². The van der Waals surface area contributed by atoms with Gasteiger partial charge in [-0.1, -0.05) is 17.3 Å². The Morgan fingerprint density at radius 3 is 3.05 bits per heavy atom. The fourth-order valence-electron chi connectivity index (χ4n) is 1.58. The fraction of sp³-hybridized carbons (Fsp3) is 0.250. The SMILES string of the molecule is COC(=O)c1cn(CC(O)c2cccc(F)c2)nn1. The van der Waals surface area contributed by atoms with Crippen molar-refractivity contribution >= 4 is 5.97 Å². The van der Waals surface area contributed by atoms with Crippen molar-refractivity contribution in [2.75, 3.05) is 7.11 Å². The van der Waals surface area contributed by atoms with Crippen LogP contribution in [0.4, 0.5) is 4.39 Å². The molecule has 1 N–H and O–H groups in total. The van der Waals surface area contributed by atoms with E-state index in [2.05, 4.69) is 15.0 Å². The van der Waals surface area contributed by atoms with E-state index in [1.807, 2.05) is 0 Å². The summed E-state index contributed by atoms with van der Waals surface area (Å²) in [6, 6.07) is 5.64. The largest absolute Gasteiger partial charge is 0.464 e. The summed E-state index contributed by atoms with van der Waals surface area (Å²) < 4.78 is 18.8. The maximum atomic E-state index is 13.0. The summed E-state index contributed by atoms with van der Waals surface area (Å²) in [5, 5.41) is 17.2. The van der Waals surface area contributed by atoms with E-state index in [1.165, 1.54) is 36.2 Å². The monoisotopic (exact) mass is 265 g/mol. The van der Waals surface area contributed by atoms with E-state index in [0.29, 0.717) is 5.56 Å². The molecule has 1 aromatic heterocycles. The van der Waals surface area contributed by atoms with Crippen LogP contribution in [0.15, 0.2) is 30.5 Å². The van der Waals surface area contributed by atoms with E-state index in [4.69, 9.17) is 0 Å². The van der Waals surface area contributed by atoms with Gasteiger partial charge in [-0.2, -0.15) is 0 Å². The second-order valence-electron chi connectivity index (χ2n) is 3.89. The number of ether oxygens (including phenoxy) is 1. The van der Waals surface area contributed by atoms with Crippen molar-refractivity contribution in [3.63, 3.8) is 0 Å². The van der Waals surface area contributed by atoms with Crippen molar-refractivity contribution < 1.29 is 19.0 Å². The van der Waals surface area contributed by atoms with Crippen LogP contribution in [0, 0.1) is 5.82 Å². The zero-order chi connectivity index (χ0) is 13.8. The van der Waals surface area contributed by atoms with Gasteiger partial charge in [0.1, 0.15) is 5.82 Å². The van der Waals surface area contributed by atoms with Crippen molar-refractivity contribution in [2.45, 2.75) is 12.6 Å². The van der Waals surface area contributed by atoms with Crippen LogP contribution in [0.2, 0.25) is 0 Å². The number of hydrogen-bond acceptors (Lipinski definition) is 5. The van der Waals surface area contributed by atoms with E-state index in [-0.39, 0.29) is 12.2 Å². The van der Waals surface area contributed by atoms with Gasteiger partial charge in [-0.3, -0.25) is 0 Å². The van der Waals surface area contributed by atoms with Crippen LogP contribution in [-0.4, -0.2) is 33.2 Å². The Balaban J connectivity index is 2.08. The van der Waals surface area contributed by atoms with Crippen molar-refractivity contribution in [1.82, 2.24) is 15.0 Å². The standard InChI is InChI=1S/C12H12FN3O3/c1-19-12(18)10-6-16(15-14-10)7-11(17)8-3-2-4-9(13)5-8/h2-6,11,17H,7H2,1H3. The molecule has 0 aliphatic heterocycles. The normalized spacial score (nSPS) is 12.2. The summed E-state index contributed by atoms with van der Waals surface area (Å²) in [7, 11) is 1.24. The molecule has 0 saturated carbocycles. The molecule has 2 rings (SSSR count). The van der Waals surface area contributed by atoms with E-state index < -0.39 is 17.9 Å². The molecule has 19 heavy (non-hydrogen) atoms. The Hall–Kier alpha value is -2.28. The van der Waals surface area contributed by atoms with Crippen LogP contribution in [0.25, 0.3) is 0 Å². The highest BCUT2D eigenvalue weighted by Crippen LogP contribution is 2.15. The first-order valence-corrected chi connectivity index (χ1v) is 5.52. The molecule has 1 heterocycles. The summed E-state index contributed by atoms with van der Waals surface area (Å²) in [6.45, 7) is 0.0629. The quantitative estimate of drug-likeness (QED) is 0.832. The van der Waals surface area contributed by atoms with Gasteiger partial charge in [-0.15, -0.1) is 5.10 Å². The van der Waals surface area contributed by atoms with Crippen molar-refractivity contribution in [3.05, 3.63) is 47.5 Å². The number of aliphatic hydroxyl groups excluding tert-OH is 1. The van der Waals surface area contributed by atoms with E-state index in [9.17, 15) is 14.3 Å². The number of esters is 1. The molecule has 1 aromatic carbocycles. The Kier molecular flexibility index (Phi) is 3.86. The molecule has 6 nitrogen and oxygen atoms in total. The van der Waals surface area contributed by atoms with Crippen LogP contribution in [0.5, 0.6) is 0 Å². The number of benzene rings is 1. The smallest absolute Gasteiger partial charge is 0.360 e. The second kappa shape index (κ2) is 5.57. The average molecular weight is 265 g/mol. The van der Waals surface area contributed by atoms with Crippen molar-refractivity contribution in [3.8, 4) is 0 Å². The average Bonchev–Trinajstić information content (AvgIpc) is 2.86. The molecule has 0 radical (unpaired) electrons. The lowest BCUT2D eigenvalue weighted by atomic mass is 10.1. The lowest BCUT2D eigenvalue weighted by Crippen LogP contribution is -2.09. The molecule has 0 saturated heterocycles. The number of halogens is 1. The lowest BCUT2D eigenvalue weighted by Gasteiger charge is -2.10. The minimum absolute atomic E-state index is 0.0499. The molecule has 2 aromatic rings. The van der Waals surface area contributed by atoms with Gasteiger partial charge in [0, 0.05) is 0 Å². The van der Waals surface area contributed by atoms with Crippen molar-refractivity contribution in [1.29, 1.82) is 0 Å². The van der Waals surface area contributed by atoms with E-state index in [1.54, 1.807) is 6.07 Å². The number of carbonyl (C=O) groups excluding carboxylic acids is 1. The number of nitrogens with zero attached hydrogens (tertiary/aromatic N) is 3. The zero-order valence-electron chi connectivity index (χ0n) is 10.2. The molecular weight excluding hydrogens is 253 g/mol. The zero-order valence-corrected chi connectivity index (χ0v) is 10.2. The first-order chi connectivity index (χ1) is 9.10. The Morgan fingerprint density at radius 1 is 1.58 bits per heavy atom. The number of rotatable bonds is 4. The summed E-state index contributed by atoms with van der Waals surface area (Å²) in [6.07, 6.45) is 0.414. The molecule has 0 spiro atoms. The molecule has 0 aliphatic carbocycles. The predicted molar refractivity (Wildman–Crippen MR) is 62.7 cm³/mol. The number of aliphatic hydroxyl groups is 1. The van der Waals surface area contributed by atoms with E-state index >= 15 is 0 Å². The van der Waals surface area contributed by atoms with Gasteiger partial charge < -0.3 is 9.84 Å². The van der Waals surface area contributed by atoms with Gasteiger partial charge in [-0.25, -0.2) is 13.9 Å². The fourth-order valence-corrected chi connectivity index (χ4v) is 1.58. The van der Waals surface area contributed by atoms with Gasteiger partial charge in [0.15, 0.2) is 5.69 Å². The van der Waals surface area contributed by atoms with Crippen LogP contribution in [0.3, 0.4) is 0 Å². The first kappa shape index (κ1) is 13.2. The van der Waals surface area contributed by atoms with Gasteiger partial charge in [-0.05, 0) is 17.7 Å². The third kappa shape index (κ3) is 3.14. The number of methoxy groups -OCH3 is 1. The van der Waals surface area contributed by atoms with Gasteiger partial charge in [0.05, 0.1) is 26.0 Å². The number of aromatic nitrogens is 3. The third-order valence-corrected chi connectivity index (χ3v) is 2.53. The van der Waals surface area contributed by atoms with Crippen LogP contribution in [0.1, 0.15) is 22.2 Å². The Bertz CT molecular complexity index is 585. The highest BCUT2D eigenvalue weighted by atomic mass is 19.1. The molecule has 100 valence electrons. The molecule has 0 fully saturated rings. The highest BCUT2D eigenvalue weighted by Gasteiger charge is 2.14. The van der Waals surface area contributed by atoms with Gasteiger partial charge >= 0.3 is 5.97 Å². The Morgan fingerprint density at radius 2 is 2.37 bits per heavy atom. The minimum Gasteiger partial charge on any atom is -0.464 e. The molecule has 0 amide bonds. The number of hydrogen-bond donors (Lipinski definition) is 1. The van der Waals surface area contributed by atoms with Crippen LogP contribution >= 0.6 is 0 Å². The molecule has 0 bridgehead atoms. The minimum atomic E-state index is -0.942. The molecule has 7 heteroatoms. The second-order valence-corrected chi connectivity index (χ2v) is 3.89. The van der Waals surface area contributed by atoms with E-state index in [0.717, 1.165) is 0 Å². The first-order valence-electron chi connectivity index (χ1n) is 5.52. The number of carbonyl (C=O) groups is 1. The summed E-state index contributed by atoms with van der Waals surface area (Å²) in [5.74, 6) is -1.03. The molecular formula is C12H12FN3O3. The maximum absolute atomic E-state index is 13.0. The van der Waals surface area contributed by atoms with Gasteiger partial charge in [0.25, 0.3) is 0 Å². The predicted octanol–water partition coefficient (Wildman–Crippen LogP) is 0.937. The topological polar surface area (TPSA) is 77.2 Å². The van der Waals surface area contributed by atoms with Crippen LogP contribution in [-0.2, 0) is 11.3 Å². The highest BCUT2D eigenvalue weighted by molar-refractivity contribution is 5.86. The molecule has 0 aliphatic rings. The van der Waals surface area contributed by atoms with Crippen molar-refractivity contribution in [2.24, 2.45) is 0 Å². The lowest BCUT2D eigenvalue weighted by molar-refractivity contribution is 0.0593. The molecule has 1 unspecified atom stereocenters. The summed E-state index contributed by atoms with van der Waals surface area (Å²) in [4.78, 5) is 11.2. The molecule has 1 atom stereocenters. The summed E-state index contributed by atoms with van der Waals surface area (Å²) in [5.41, 5.74) is 0.476. The Labute approximate surface area is 108 Å².